The number of likely N-dealkylation sites (tertiary alicyclic amines) is 1. The quantitative estimate of drug-likeness (QED) is 0.943. The number of benzene rings is 2. The molecule has 0 saturated carbocycles. The van der Waals surface area contributed by atoms with Gasteiger partial charge in [-0.1, -0.05) is 60.7 Å². The number of nitrogens with zero attached hydrogens (tertiary/aromatic N) is 1. The molecule has 2 saturated heterocycles. The van der Waals surface area contributed by atoms with E-state index in [2.05, 4.69) is 58.7 Å². The predicted octanol–water partition coefficient (Wildman–Crippen LogP) is 1.98. The van der Waals surface area contributed by atoms with Gasteiger partial charge in [-0.25, -0.2) is 0 Å². The second-order valence-electron chi connectivity index (χ2n) is 6.38. The molecule has 2 aliphatic rings. The first kappa shape index (κ1) is 14.4. The fourth-order valence-electron chi connectivity index (χ4n) is 3.54. The topological polar surface area (TPSA) is 41.6 Å². The number of carbonyl (C=O) groups is 1. The normalized spacial score (nSPS) is 20.3. The minimum atomic E-state index is -0.213. The zero-order chi connectivity index (χ0) is 15.7. The van der Waals surface area contributed by atoms with E-state index in [1.165, 1.54) is 11.1 Å². The first-order chi connectivity index (χ1) is 11.3. The molecule has 1 amide bonds. The summed E-state index contributed by atoms with van der Waals surface area (Å²) in [6, 6.07) is 21.3. The Balaban J connectivity index is 1.57. The van der Waals surface area contributed by atoms with E-state index in [1.54, 1.807) is 0 Å². The fourth-order valence-corrected chi connectivity index (χ4v) is 3.54. The van der Waals surface area contributed by atoms with E-state index >= 15 is 0 Å². The van der Waals surface area contributed by atoms with Gasteiger partial charge < -0.3 is 10.1 Å². The van der Waals surface area contributed by atoms with Gasteiger partial charge in [0.05, 0.1) is 6.04 Å². The van der Waals surface area contributed by atoms with Crippen molar-refractivity contribution < 1.29 is 9.53 Å². The van der Waals surface area contributed by atoms with Gasteiger partial charge >= 0.3 is 0 Å². The molecule has 0 aromatic heterocycles. The van der Waals surface area contributed by atoms with E-state index in [9.17, 15) is 4.79 Å². The summed E-state index contributed by atoms with van der Waals surface area (Å²) in [6.07, 6.45) is 0. The summed E-state index contributed by atoms with van der Waals surface area (Å²) in [6.45, 7) is 2.46. The van der Waals surface area contributed by atoms with Crippen molar-refractivity contribution in [2.75, 3.05) is 26.2 Å². The van der Waals surface area contributed by atoms with Crippen molar-refractivity contribution in [1.82, 2.24) is 10.2 Å². The summed E-state index contributed by atoms with van der Waals surface area (Å²) >= 11 is 0. The van der Waals surface area contributed by atoms with Crippen molar-refractivity contribution in [3.8, 4) is 0 Å². The molecule has 2 aromatic rings. The highest BCUT2D eigenvalue weighted by molar-refractivity contribution is 5.78. The molecule has 1 N–H and O–H groups in total. The Kier molecular flexibility index (Phi) is 3.63. The third-order valence-corrected chi connectivity index (χ3v) is 4.70. The van der Waals surface area contributed by atoms with E-state index in [-0.39, 0.29) is 24.2 Å². The first-order valence-electron chi connectivity index (χ1n) is 8.00. The van der Waals surface area contributed by atoms with Crippen LogP contribution in [0.4, 0.5) is 0 Å². The van der Waals surface area contributed by atoms with Crippen LogP contribution >= 0.6 is 0 Å². The molecule has 0 radical (unpaired) electrons. The molecule has 0 atom stereocenters. The van der Waals surface area contributed by atoms with Crippen LogP contribution in [0.15, 0.2) is 60.7 Å². The van der Waals surface area contributed by atoms with Crippen LogP contribution in [0.1, 0.15) is 17.2 Å². The molecule has 0 aliphatic carbocycles. The van der Waals surface area contributed by atoms with Crippen LogP contribution in [-0.2, 0) is 9.53 Å². The molecule has 0 bridgehead atoms. The minimum Gasteiger partial charge on any atom is -0.361 e. The zero-order valence-corrected chi connectivity index (χ0v) is 12.9. The molecule has 2 aliphatic heterocycles. The lowest BCUT2D eigenvalue weighted by Gasteiger charge is -2.54. The molecule has 23 heavy (non-hydrogen) atoms. The number of morpholine rings is 1. The highest BCUT2D eigenvalue weighted by Crippen LogP contribution is 2.37. The number of rotatable bonds is 3. The molecule has 4 rings (SSSR count). The molecule has 2 heterocycles. The second-order valence-corrected chi connectivity index (χ2v) is 6.38. The van der Waals surface area contributed by atoms with Gasteiger partial charge in [0.2, 0.25) is 5.91 Å². The van der Waals surface area contributed by atoms with Crippen LogP contribution in [0, 0.1) is 0 Å². The van der Waals surface area contributed by atoms with Gasteiger partial charge in [0.25, 0.3) is 0 Å². The first-order valence-corrected chi connectivity index (χ1v) is 8.00. The highest BCUT2D eigenvalue weighted by atomic mass is 16.5. The third-order valence-electron chi connectivity index (χ3n) is 4.70. The van der Waals surface area contributed by atoms with Gasteiger partial charge in [-0.3, -0.25) is 9.69 Å². The molecule has 4 heteroatoms. The summed E-state index contributed by atoms with van der Waals surface area (Å²) < 4.78 is 5.81. The van der Waals surface area contributed by atoms with Crippen LogP contribution in [0.5, 0.6) is 0 Å². The summed E-state index contributed by atoms with van der Waals surface area (Å²) in [4.78, 5) is 13.7. The van der Waals surface area contributed by atoms with Gasteiger partial charge in [0, 0.05) is 19.6 Å². The second kappa shape index (κ2) is 5.80. The molecular formula is C19H20N2O2. The van der Waals surface area contributed by atoms with E-state index in [4.69, 9.17) is 4.74 Å². The van der Waals surface area contributed by atoms with Gasteiger partial charge in [0.15, 0.2) is 0 Å². The molecule has 4 nitrogen and oxygen atoms in total. The van der Waals surface area contributed by atoms with Crippen molar-refractivity contribution in [3.63, 3.8) is 0 Å². The van der Waals surface area contributed by atoms with E-state index in [1.807, 2.05) is 12.1 Å². The molecule has 2 fully saturated rings. The minimum absolute atomic E-state index is 0.0169. The molecular weight excluding hydrogens is 288 g/mol. The van der Waals surface area contributed by atoms with Crippen LogP contribution in [0.3, 0.4) is 0 Å². The highest BCUT2D eigenvalue weighted by Gasteiger charge is 2.49. The standard InChI is InChI=1S/C19H20N2O2/c22-17-11-23-19(12-20-17)13-21(14-19)18(15-7-3-1-4-8-15)16-9-5-2-6-10-16/h1-10,18H,11-14H2,(H,20,22). The lowest BCUT2D eigenvalue weighted by molar-refractivity contribution is -0.177. The third kappa shape index (κ3) is 2.76. The summed E-state index contributed by atoms with van der Waals surface area (Å²) in [5, 5.41) is 2.92. The predicted molar refractivity (Wildman–Crippen MR) is 88.0 cm³/mol. The van der Waals surface area contributed by atoms with Gasteiger partial charge in [-0.15, -0.1) is 0 Å². The number of hydrogen-bond donors (Lipinski definition) is 1. The van der Waals surface area contributed by atoms with Crippen LogP contribution < -0.4 is 5.32 Å². The number of hydrogen-bond acceptors (Lipinski definition) is 3. The van der Waals surface area contributed by atoms with Crippen LogP contribution in [0.25, 0.3) is 0 Å². The average Bonchev–Trinajstić information content (AvgIpc) is 2.57. The lowest BCUT2D eigenvalue weighted by Crippen LogP contribution is -2.70. The van der Waals surface area contributed by atoms with Crippen molar-refractivity contribution in [1.29, 1.82) is 0 Å². The van der Waals surface area contributed by atoms with Gasteiger partial charge in [-0.05, 0) is 11.1 Å². The lowest BCUT2D eigenvalue weighted by atomic mass is 9.86. The van der Waals surface area contributed by atoms with Crippen molar-refractivity contribution in [3.05, 3.63) is 71.8 Å². The maximum absolute atomic E-state index is 11.3. The molecule has 118 valence electrons. The van der Waals surface area contributed by atoms with Crippen LogP contribution in [-0.4, -0.2) is 42.6 Å². The summed E-state index contributed by atoms with van der Waals surface area (Å²) in [7, 11) is 0. The number of nitrogens with one attached hydrogen (secondary N) is 1. The van der Waals surface area contributed by atoms with E-state index < -0.39 is 0 Å². The summed E-state index contributed by atoms with van der Waals surface area (Å²) in [5.74, 6) is -0.0169. The van der Waals surface area contributed by atoms with Crippen LogP contribution in [0.2, 0.25) is 0 Å². The number of amides is 1. The molecule has 2 aromatic carbocycles. The van der Waals surface area contributed by atoms with Crippen molar-refractivity contribution in [2.45, 2.75) is 11.6 Å². The number of ether oxygens (including phenoxy) is 1. The SMILES string of the molecule is O=C1COC2(CN1)CN(C(c1ccccc1)c1ccccc1)C2. The Morgan fingerprint density at radius 1 is 0.957 bits per heavy atom. The fraction of sp³-hybridized carbons (Fsp3) is 0.316. The largest absolute Gasteiger partial charge is 0.361 e. The number of carbonyl (C=O) groups excluding carboxylic acids is 1. The molecule has 0 unspecified atom stereocenters. The average molecular weight is 308 g/mol. The van der Waals surface area contributed by atoms with E-state index in [0.29, 0.717) is 6.54 Å². The Bertz CT molecular complexity index is 630. The van der Waals surface area contributed by atoms with Gasteiger partial charge in [0.1, 0.15) is 12.2 Å². The smallest absolute Gasteiger partial charge is 0.246 e. The Hall–Kier alpha value is -2.17. The summed E-state index contributed by atoms with van der Waals surface area (Å²) in [5.41, 5.74) is 2.36. The van der Waals surface area contributed by atoms with E-state index in [0.717, 1.165) is 13.1 Å². The van der Waals surface area contributed by atoms with Gasteiger partial charge in [-0.2, -0.15) is 0 Å². The molecule has 1 spiro atoms. The Morgan fingerprint density at radius 2 is 1.52 bits per heavy atom. The van der Waals surface area contributed by atoms with Crippen molar-refractivity contribution in [2.24, 2.45) is 0 Å². The maximum atomic E-state index is 11.3. The van der Waals surface area contributed by atoms with Crippen molar-refractivity contribution >= 4 is 5.91 Å². The zero-order valence-electron chi connectivity index (χ0n) is 12.9. The Morgan fingerprint density at radius 3 is 2.00 bits per heavy atom. The maximum Gasteiger partial charge on any atom is 0.246 e. The monoisotopic (exact) mass is 308 g/mol. The Labute approximate surface area is 136 Å².